The molecule has 0 unspecified atom stereocenters. The average molecular weight is 240 g/mol. The zero-order valence-electron chi connectivity index (χ0n) is 9.20. The lowest BCUT2D eigenvalue weighted by atomic mass is 9.99. The van der Waals surface area contributed by atoms with Gasteiger partial charge < -0.3 is 5.11 Å². The minimum absolute atomic E-state index is 0.0942. The second-order valence-electron chi connectivity index (χ2n) is 3.62. The fourth-order valence-electron chi connectivity index (χ4n) is 1.67. The molecule has 0 saturated heterocycles. The summed E-state index contributed by atoms with van der Waals surface area (Å²) < 4.78 is 0. The van der Waals surface area contributed by atoms with Gasteiger partial charge in [0.15, 0.2) is 0 Å². The summed E-state index contributed by atoms with van der Waals surface area (Å²) in [4.78, 5) is 10.2. The van der Waals surface area contributed by atoms with Crippen LogP contribution < -0.4 is 0 Å². The number of phenols is 1. The third-order valence-corrected chi connectivity index (χ3v) is 2.53. The summed E-state index contributed by atoms with van der Waals surface area (Å²) in [5.41, 5.74) is 0.978. The topological polar surface area (TPSA) is 87.2 Å². The molecule has 2 rings (SSSR count). The van der Waals surface area contributed by atoms with E-state index >= 15 is 0 Å². The molecule has 0 aromatic heterocycles. The standard InChI is InChI=1S/C13H8N2O3/c14-8-9-3-1-2-4-11(9)12-7-10(15(17)18)5-6-13(12)16/h1-7,16H. The number of nitrogens with zero attached hydrogens (tertiary/aromatic N) is 2. The SMILES string of the molecule is N#Cc1ccccc1-c1cc([N+](=O)[O-])ccc1O. The number of nitriles is 1. The van der Waals surface area contributed by atoms with Crippen molar-refractivity contribution in [1.29, 1.82) is 5.26 Å². The van der Waals surface area contributed by atoms with Crippen LogP contribution in [0, 0.1) is 21.4 Å². The monoisotopic (exact) mass is 240 g/mol. The lowest BCUT2D eigenvalue weighted by Crippen LogP contribution is -1.90. The van der Waals surface area contributed by atoms with Gasteiger partial charge in [0.2, 0.25) is 0 Å². The normalized spacial score (nSPS) is 9.72. The van der Waals surface area contributed by atoms with Gasteiger partial charge in [-0.05, 0) is 12.1 Å². The first kappa shape index (κ1) is 11.6. The van der Waals surface area contributed by atoms with Gasteiger partial charge in [-0.1, -0.05) is 18.2 Å². The quantitative estimate of drug-likeness (QED) is 0.645. The van der Waals surface area contributed by atoms with Crippen LogP contribution in [0.4, 0.5) is 5.69 Å². The molecule has 0 aliphatic carbocycles. The van der Waals surface area contributed by atoms with Gasteiger partial charge >= 0.3 is 0 Å². The third kappa shape index (κ3) is 1.99. The van der Waals surface area contributed by atoms with Crippen molar-refractivity contribution in [3.63, 3.8) is 0 Å². The maximum Gasteiger partial charge on any atom is 0.270 e. The summed E-state index contributed by atoms with van der Waals surface area (Å²) in [5, 5.41) is 29.5. The van der Waals surface area contributed by atoms with E-state index in [2.05, 4.69) is 0 Å². The first-order valence-electron chi connectivity index (χ1n) is 5.10. The molecule has 0 aliphatic heterocycles. The summed E-state index contributed by atoms with van der Waals surface area (Å²) in [7, 11) is 0. The van der Waals surface area contributed by atoms with Crippen molar-refractivity contribution in [2.45, 2.75) is 0 Å². The molecule has 0 bridgehead atoms. The summed E-state index contributed by atoms with van der Waals surface area (Å²) in [6.45, 7) is 0. The molecule has 1 N–H and O–H groups in total. The molecule has 5 heteroatoms. The molecule has 5 nitrogen and oxygen atoms in total. The number of hydrogen-bond acceptors (Lipinski definition) is 4. The van der Waals surface area contributed by atoms with E-state index in [0.29, 0.717) is 11.1 Å². The molecule has 0 radical (unpaired) electrons. The van der Waals surface area contributed by atoms with Crippen LogP contribution in [0.1, 0.15) is 5.56 Å². The largest absolute Gasteiger partial charge is 0.507 e. The van der Waals surface area contributed by atoms with Crippen LogP contribution in [0.2, 0.25) is 0 Å². The highest BCUT2D eigenvalue weighted by Crippen LogP contribution is 2.34. The van der Waals surface area contributed by atoms with Crippen molar-refractivity contribution in [3.8, 4) is 22.9 Å². The Balaban J connectivity index is 2.67. The van der Waals surface area contributed by atoms with E-state index in [4.69, 9.17) is 5.26 Å². The lowest BCUT2D eigenvalue weighted by Gasteiger charge is -2.06. The Morgan fingerprint density at radius 3 is 2.56 bits per heavy atom. The van der Waals surface area contributed by atoms with Crippen molar-refractivity contribution >= 4 is 5.69 Å². The highest BCUT2D eigenvalue weighted by Gasteiger charge is 2.14. The molecule has 2 aromatic carbocycles. The summed E-state index contributed by atoms with van der Waals surface area (Å²) >= 11 is 0. The van der Waals surface area contributed by atoms with Crippen LogP contribution in [0.25, 0.3) is 11.1 Å². The molecule has 0 spiro atoms. The molecule has 0 atom stereocenters. The Morgan fingerprint density at radius 2 is 1.89 bits per heavy atom. The predicted octanol–water partition coefficient (Wildman–Crippen LogP) is 2.84. The predicted molar refractivity (Wildman–Crippen MR) is 64.9 cm³/mol. The average Bonchev–Trinajstić information content (AvgIpc) is 2.39. The zero-order valence-corrected chi connectivity index (χ0v) is 9.20. The van der Waals surface area contributed by atoms with Gasteiger partial charge in [-0.2, -0.15) is 5.26 Å². The van der Waals surface area contributed by atoms with E-state index in [1.807, 2.05) is 6.07 Å². The minimum Gasteiger partial charge on any atom is -0.507 e. The fourth-order valence-corrected chi connectivity index (χ4v) is 1.67. The van der Waals surface area contributed by atoms with Crippen LogP contribution in [-0.4, -0.2) is 10.0 Å². The number of aromatic hydroxyl groups is 1. The highest BCUT2D eigenvalue weighted by atomic mass is 16.6. The molecule has 88 valence electrons. The highest BCUT2D eigenvalue weighted by molar-refractivity contribution is 5.77. The number of rotatable bonds is 2. The molecule has 0 saturated carbocycles. The number of nitro benzene ring substituents is 1. The first-order valence-corrected chi connectivity index (χ1v) is 5.10. The van der Waals surface area contributed by atoms with Gasteiger partial charge in [-0.15, -0.1) is 0 Å². The van der Waals surface area contributed by atoms with Gasteiger partial charge in [-0.25, -0.2) is 0 Å². The molecule has 18 heavy (non-hydrogen) atoms. The van der Waals surface area contributed by atoms with E-state index in [9.17, 15) is 15.2 Å². The number of phenolic OH excluding ortho intramolecular Hbond substituents is 1. The molecule has 0 amide bonds. The maximum absolute atomic E-state index is 10.7. The number of non-ortho nitro benzene ring substituents is 1. The van der Waals surface area contributed by atoms with Crippen LogP contribution >= 0.6 is 0 Å². The van der Waals surface area contributed by atoms with Crippen molar-refractivity contribution in [2.75, 3.05) is 0 Å². The van der Waals surface area contributed by atoms with Gasteiger partial charge in [0.05, 0.1) is 16.6 Å². The summed E-state index contributed by atoms with van der Waals surface area (Å²) in [6, 6.07) is 12.3. The Morgan fingerprint density at radius 1 is 1.17 bits per heavy atom. The van der Waals surface area contributed by atoms with Gasteiger partial charge in [0.25, 0.3) is 5.69 Å². The van der Waals surface area contributed by atoms with Gasteiger partial charge in [0.1, 0.15) is 5.75 Å². The molecule has 0 fully saturated rings. The van der Waals surface area contributed by atoms with Crippen molar-refractivity contribution in [3.05, 3.63) is 58.1 Å². The Kier molecular flexibility index (Phi) is 2.94. The van der Waals surface area contributed by atoms with Crippen LogP contribution in [-0.2, 0) is 0 Å². The molecule has 0 aliphatic rings. The third-order valence-electron chi connectivity index (χ3n) is 2.53. The van der Waals surface area contributed by atoms with Crippen LogP contribution in [0.3, 0.4) is 0 Å². The van der Waals surface area contributed by atoms with Gasteiger partial charge in [0, 0.05) is 23.3 Å². The Hall–Kier alpha value is -2.87. The second kappa shape index (κ2) is 4.55. The maximum atomic E-state index is 10.7. The van der Waals surface area contributed by atoms with Crippen LogP contribution in [0.5, 0.6) is 5.75 Å². The second-order valence-corrected chi connectivity index (χ2v) is 3.62. The lowest BCUT2D eigenvalue weighted by molar-refractivity contribution is -0.384. The van der Waals surface area contributed by atoms with E-state index < -0.39 is 4.92 Å². The molecular formula is C13H8N2O3. The Bertz CT molecular complexity index is 660. The number of nitro groups is 1. The van der Waals surface area contributed by atoms with E-state index in [-0.39, 0.29) is 17.0 Å². The van der Waals surface area contributed by atoms with Crippen molar-refractivity contribution in [1.82, 2.24) is 0 Å². The molecule has 2 aromatic rings. The summed E-state index contributed by atoms with van der Waals surface area (Å²) in [6.07, 6.45) is 0. The first-order chi connectivity index (χ1) is 8.63. The number of benzene rings is 2. The minimum atomic E-state index is -0.544. The fraction of sp³-hybridized carbons (Fsp3) is 0. The Labute approximate surface area is 103 Å². The van der Waals surface area contributed by atoms with E-state index in [0.717, 1.165) is 0 Å². The van der Waals surface area contributed by atoms with E-state index in [1.54, 1.807) is 24.3 Å². The molecular weight excluding hydrogens is 232 g/mol. The number of hydrogen-bond donors (Lipinski definition) is 1. The van der Waals surface area contributed by atoms with E-state index in [1.165, 1.54) is 18.2 Å². The summed E-state index contributed by atoms with van der Waals surface area (Å²) in [5.74, 6) is -0.0942. The van der Waals surface area contributed by atoms with Crippen molar-refractivity contribution < 1.29 is 10.0 Å². The molecule has 0 heterocycles. The van der Waals surface area contributed by atoms with Gasteiger partial charge in [-0.3, -0.25) is 10.1 Å². The zero-order chi connectivity index (χ0) is 13.1. The smallest absolute Gasteiger partial charge is 0.270 e. The van der Waals surface area contributed by atoms with Crippen molar-refractivity contribution in [2.24, 2.45) is 0 Å². The van der Waals surface area contributed by atoms with Crippen LogP contribution in [0.15, 0.2) is 42.5 Å².